The van der Waals surface area contributed by atoms with Crippen LogP contribution in [0.25, 0.3) is 21.9 Å². The van der Waals surface area contributed by atoms with Crippen molar-refractivity contribution in [2.24, 2.45) is 0 Å². The molecule has 3 rings (SSSR count). The molecule has 0 saturated heterocycles. The molecule has 0 fully saturated rings. The summed E-state index contributed by atoms with van der Waals surface area (Å²) in [6.07, 6.45) is 1.48. The van der Waals surface area contributed by atoms with E-state index in [0.717, 1.165) is 16.4 Å². The van der Waals surface area contributed by atoms with Gasteiger partial charge in [-0.25, -0.2) is 9.97 Å². The van der Waals surface area contributed by atoms with Gasteiger partial charge in [-0.15, -0.1) is 5.52 Å². The van der Waals surface area contributed by atoms with Crippen molar-refractivity contribution >= 4 is 27.8 Å². The summed E-state index contributed by atoms with van der Waals surface area (Å²) in [5, 5.41) is 1.03. The molecular formula is C14H15N4Re-. The van der Waals surface area contributed by atoms with Crippen LogP contribution in [0.3, 0.4) is 0 Å². The maximum absolute atomic E-state index is 5.83. The molecule has 0 spiro atoms. The molecule has 2 heterocycles. The van der Waals surface area contributed by atoms with Crippen molar-refractivity contribution < 1.29 is 20.4 Å². The number of anilines is 1. The standard InChI is InChI=1S/C14H15N4.Re/c1-14(2,3)8-4-5-9-10(6-8)18-12-11(9)16-7-17-13(12)15;/h4-7H,1-3H3,(H2,15,16,17);/q-1;. The minimum atomic E-state index is 0. The zero-order valence-corrected chi connectivity index (χ0v) is 13.8. The van der Waals surface area contributed by atoms with E-state index in [-0.39, 0.29) is 25.8 Å². The Kier molecular flexibility index (Phi) is 3.38. The predicted octanol–water partition coefficient (Wildman–Crippen LogP) is 2.62. The van der Waals surface area contributed by atoms with Crippen molar-refractivity contribution in [1.29, 1.82) is 0 Å². The van der Waals surface area contributed by atoms with Gasteiger partial charge in [0.2, 0.25) is 0 Å². The monoisotopic (exact) mass is 426 g/mol. The molecule has 0 unspecified atom stereocenters. The van der Waals surface area contributed by atoms with Crippen LogP contribution in [0.15, 0.2) is 24.5 Å². The molecule has 99 valence electrons. The van der Waals surface area contributed by atoms with Crippen LogP contribution in [0.1, 0.15) is 26.3 Å². The van der Waals surface area contributed by atoms with E-state index in [1.807, 2.05) is 0 Å². The SMILES string of the molecule is CC(C)(C)c1ccc2c(c1)[n-]c1c(N)ncnc12.[Re]. The topological polar surface area (TPSA) is 65.9 Å². The summed E-state index contributed by atoms with van der Waals surface area (Å²) >= 11 is 0. The number of hydrogen-bond donors (Lipinski definition) is 1. The summed E-state index contributed by atoms with van der Waals surface area (Å²) in [5.41, 5.74) is 9.65. The van der Waals surface area contributed by atoms with Gasteiger partial charge in [0, 0.05) is 20.4 Å². The second-order valence-corrected chi connectivity index (χ2v) is 5.55. The zero-order valence-electron chi connectivity index (χ0n) is 11.1. The van der Waals surface area contributed by atoms with Crippen LogP contribution in [-0.4, -0.2) is 9.97 Å². The van der Waals surface area contributed by atoms with Crippen LogP contribution in [0, 0.1) is 0 Å². The van der Waals surface area contributed by atoms with E-state index >= 15 is 0 Å². The molecule has 0 aliphatic heterocycles. The molecule has 0 atom stereocenters. The van der Waals surface area contributed by atoms with Crippen molar-refractivity contribution in [2.75, 3.05) is 5.73 Å². The van der Waals surface area contributed by atoms with Gasteiger partial charge in [-0.05, 0) is 16.4 Å². The van der Waals surface area contributed by atoms with Gasteiger partial charge in [-0.1, -0.05) is 44.5 Å². The molecule has 4 nitrogen and oxygen atoms in total. The van der Waals surface area contributed by atoms with E-state index in [0.29, 0.717) is 11.3 Å². The molecule has 0 aliphatic rings. The maximum atomic E-state index is 5.83. The van der Waals surface area contributed by atoms with Crippen molar-refractivity contribution in [3.8, 4) is 0 Å². The molecule has 0 amide bonds. The second kappa shape index (κ2) is 4.59. The third-order valence-electron chi connectivity index (χ3n) is 3.20. The van der Waals surface area contributed by atoms with Crippen LogP contribution in [0.2, 0.25) is 0 Å². The van der Waals surface area contributed by atoms with Gasteiger partial charge in [-0.2, -0.15) is 0 Å². The Labute approximate surface area is 125 Å². The molecule has 0 saturated carbocycles. The number of fused-ring (bicyclic) bond motifs is 3. The Morgan fingerprint density at radius 2 is 1.89 bits per heavy atom. The molecule has 0 aliphatic carbocycles. The maximum Gasteiger partial charge on any atom is 0.118 e. The normalized spacial score (nSPS) is 11.7. The molecule has 2 aromatic heterocycles. The van der Waals surface area contributed by atoms with E-state index < -0.39 is 0 Å². The first-order valence-corrected chi connectivity index (χ1v) is 5.94. The van der Waals surface area contributed by atoms with Crippen LogP contribution >= 0.6 is 0 Å². The van der Waals surface area contributed by atoms with Crippen LogP contribution in [-0.2, 0) is 25.8 Å². The third-order valence-corrected chi connectivity index (χ3v) is 3.20. The van der Waals surface area contributed by atoms with Gasteiger partial charge in [0.05, 0.1) is 5.52 Å². The van der Waals surface area contributed by atoms with E-state index in [9.17, 15) is 0 Å². The Hall–Kier alpha value is -1.44. The van der Waals surface area contributed by atoms with Gasteiger partial charge in [0.25, 0.3) is 0 Å². The van der Waals surface area contributed by atoms with Crippen LogP contribution in [0.4, 0.5) is 5.82 Å². The van der Waals surface area contributed by atoms with Gasteiger partial charge >= 0.3 is 0 Å². The smallest absolute Gasteiger partial charge is 0.118 e. The summed E-state index contributed by atoms with van der Waals surface area (Å²) in [5.74, 6) is 0.438. The minimum Gasteiger partial charge on any atom is -0.653 e. The molecule has 19 heavy (non-hydrogen) atoms. The quantitative estimate of drug-likeness (QED) is 0.601. The Bertz CT molecular complexity index is 740. The first-order valence-electron chi connectivity index (χ1n) is 5.94. The van der Waals surface area contributed by atoms with E-state index in [2.05, 4.69) is 53.9 Å². The Morgan fingerprint density at radius 1 is 1.16 bits per heavy atom. The average Bonchev–Trinajstić information content (AvgIpc) is 2.67. The molecule has 3 aromatic rings. The summed E-state index contributed by atoms with van der Waals surface area (Å²) in [4.78, 5) is 12.8. The van der Waals surface area contributed by atoms with Crippen molar-refractivity contribution in [3.05, 3.63) is 30.1 Å². The molecule has 2 N–H and O–H groups in total. The number of hydrogen-bond acceptors (Lipinski definition) is 3. The van der Waals surface area contributed by atoms with Gasteiger partial charge in [0.15, 0.2) is 0 Å². The molecular weight excluding hydrogens is 410 g/mol. The summed E-state index contributed by atoms with van der Waals surface area (Å²) in [6.45, 7) is 6.56. The fourth-order valence-electron chi connectivity index (χ4n) is 2.11. The zero-order chi connectivity index (χ0) is 12.9. The molecule has 0 bridgehead atoms. The summed E-state index contributed by atoms with van der Waals surface area (Å²) in [6, 6.07) is 6.30. The molecule has 1 radical (unpaired) electrons. The number of nitrogens with two attached hydrogens (primary N) is 1. The van der Waals surface area contributed by atoms with Crippen molar-refractivity contribution in [3.63, 3.8) is 0 Å². The van der Waals surface area contributed by atoms with Gasteiger partial charge in [0.1, 0.15) is 12.1 Å². The fourth-order valence-corrected chi connectivity index (χ4v) is 2.11. The minimum absolute atomic E-state index is 0. The van der Waals surface area contributed by atoms with Gasteiger partial charge in [-0.3, -0.25) is 0 Å². The largest absolute Gasteiger partial charge is 0.653 e. The second-order valence-electron chi connectivity index (χ2n) is 5.55. The average molecular weight is 426 g/mol. The molecule has 5 heteroatoms. The van der Waals surface area contributed by atoms with E-state index in [1.165, 1.54) is 11.9 Å². The summed E-state index contributed by atoms with van der Waals surface area (Å²) < 4.78 is 0. The molecule has 1 aromatic carbocycles. The third kappa shape index (κ3) is 2.24. The number of benzene rings is 1. The Morgan fingerprint density at radius 3 is 2.58 bits per heavy atom. The summed E-state index contributed by atoms with van der Waals surface area (Å²) in [7, 11) is 0. The van der Waals surface area contributed by atoms with Crippen molar-refractivity contribution in [1.82, 2.24) is 15.0 Å². The number of nitrogens with zero attached hydrogens (tertiary/aromatic N) is 3. The van der Waals surface area contributed by atoms with E-state index in [1.54, 1.807) is 0 Å². The van der Waals surface area contributed by atoms with Crippen molar-refractivity contribution in [2.45, 2.75) is 26.2 Å². The first kappa shape index (κ1) is 14.0. The number of rotatable bonds is 0. The number of aromatic nitrogens is 3. The first-order chi connectivity index (χ1) is 8.47. The van der Waals surface area contributed by atoms with Crippen LogP contribution < -0.4 is 10.7 Å². The predicted molar refractivity (Wildman–Crippen MR) is 73.5 cm³/mol. The fraction of sp³-hybridized carbons (Fsp3) is 0.286. The Balaban J connectivity index is 0.00000133. The van der Waals surface area contributed by atoms with Crippen LogP contribution in [0.5, 0.6) is 0 Å². The van der Waals surface area contributed by atoms with E-state index in [4.69, 9.17) is 5.73 Å². The number of nitrogen functional groups attached to an aromatic ring is 1. The van der Waals surface area contributed by atoms with Gasteiger partial charge < -0.3 is 10.7 Å².